The predicted molar refractivity (Wildman–Crippen MR) is 77.0 cm³/mol. The number of tetrazole rings is 1. The lowest BCUT2D eigenvalue weighted by Crippen LogP contribution is -2.21. The standard InChI is InChI=1S/C14H21N5O/c1-4-10-20-13-8-6-12(7-9-13)19-14(16-17-18-19)11(3)15-5-2/h6-9,11,15H,4-5,10H2,1-3H3. The fourth-order valence-corrected chi connectivity index (χ4v) is 1.95. The van der Waals surface area contributed by atoms with Crippen molar-refractivity contribution in [1.29, 1.82) is 0 Å². The van der Waals surface area contributed by atoms with Gasteiger partial charge in [-0.1, -0.05) is 13.8 Å². The molecule has 6 heteroatoms. The summed E-state index contributed by atoms with van der Waals surface area (Å²) in [6.07, 6.45) is 0.999. The molecule has 0 fully saturated rings. The quantitative estimate of drug-likeness (QED) is 0.838. The second-order valence-electron chi connectivity index (χ2n) is 4.57. The van der Waals surface area contributed by atoms with Crippen LogP contribution >= 0.6 is 0 Å². The minimum absolute atomic E-state index is 0.103. The first-order valence-corrected chi connectivity index (χ1v) is 7.01. The van der Waals surface area contributed by atoms with Crippen LogP contribution in [0, 0.1) is 0 Å². The van der Waals surface area contributed by atoms with E-state index in [1.807, 2.05) is 31.2 Å². The average molecular weight is 275 g/mol. The molecule has 1 N–H and O–H groups in total. The van der Waals surface area contributed by atoms with Gasteiger partial charge in [-0.05, 0) is 54.6 Å². The van der Waals surface area contributed by atoms with E-state index in [2.05, 4.69) is 34.7 Å². The summed E-state index contributed by atoms with van der Waals surface area (Å²) in [4.78, 5) is 0. The lowest BCUT2D eigenvalue weighted by Gasteiger charge is -2.12. The van der Waals surface area contributed by atoms with Gasteiger partial charge in [-0.3, -0.25) is 0 Å². The maximum Gasteiger partial charge on any atom is 0.173 e. The Bertz CT molecular complexity index is 523. The van der Waals surface area contributed by atoms with Gasteiger partial charge in [0.15, 0.2) is 5.82 Å². The number of hydrogen-bond donors (Lipinski definition) is 1. The van der Waals surface area contributed by atoms with Gasteiger partial charge in [0.05, 0.1) is 18.3 Å². The third kappa shape index (κ3) is 3.33. The van der Waals surface area contributed by atoms with Gasteiger partial charge in [0.1, 0.15) is 5.75 Å². The molecule has 2 aromatic rings. The van der Waals surface area contributed by atoms with Crippen LogP contribution in [0.3, 0.4) is 0 Å². The minimum Gasteiger partial charge on any atom is -0.494 e. The Morgan fingerprint density at radius 1 is 1.25 bits per heavy atom. The van der Waals surface area contributed by atoms with Crippen LogP contribution in [0.15, 0.2) is 24.3 Å². The Kier molecular flexibility index (Phi) is 5.06. The number of ether oxygens (including phenoxy) is 1. The summed E-state index contributed by atoms with van der Waals surface area (Å²) in [5.74, 6) is 1.67. The molecule has 0 saturated carbocycles. The van der Waals surface area contributed by atoms with Crippen molar-refractivity contribution in [3.63, 3.8) is 0 Å². The molecular weight excluding hydrogens is 254 g/mol. The maximum absolute atomic E-state index is 5.57. The van der Waals surface area contributed by atoms with Gasteiger partial charge < -0.3 is 10.1 Å². The van der Waals surface area contributed by atoms with Crippen molar-refractivity contribution in [3.05, 3.63) is 30.1 Å². The van der Waals surface area contributed by atoms with Crippen molar-refractivity contribution in [1.82, 2.24) is 25.5 Å². The van der Waals surface area contributed by atoms with E-state index < -0.39 is 0 Å². The van der Waals surface area contributed by atoms with Crippen molar-refractivity contribution in [2.45, 2.75) is 33.2 Å². The third-order valence-electron chi connectivity index (χ3n) is 2.95. The Morgan fingerprint density at radius 3 is 2.65 bits per heavy atom. The fourth-order valence-electron chi connectivity index (χ4n) is 1.95. The molecular formula is C14H21N5O. The lowest BCUT2D eigenvalue weighted by molar-refractivity contribution is 0.317. The highest BCUT2D eigenvalue weighted by atomic mass is 16.5. The number of benzene rings is 1. The van der Waals surface area contributed by atoms with Crippen LogP contribution in [0.25, 0.3) is 5.69 Å². The van der Waals surface area contributed by atoms with E-state index in [1.54, 1.807) is 4.68 Å². The average Bonchev–Trinajstić information content (AvgIpc) is 2.95. The zero-order valence-corrected chi connectivity index (χ0v) is 12.2. The molecule has 0 aliphatic rings. The fraction of sp³-hybridized carbons (Fsp3) is 0.500. The van der Waals surface area contributed by atoms with Crippen molar-refractivity contribution in [2.24, 2.45) is 0 Å². The molecule has 1 aromatic carbocycles. The van der Waals surface area contributed by atoms with Crippen LogP contribution in [0.1, 0.15) is 39.1 Å². The highest BCUT2D eigenvalue weighted by molar-refractivity contribution is 5.37. The number of hydrogen-bond acceptors (Lipinski definition) is 5. The summed E-state index contributed by atoms with van der Waals surface area (Å²) < 4.78 is 7.32. The summed E-state index contributed by atoms with van der Waals surface area (Å²) in [6, 6.07) is 7.90. The first-order chi connectivity index (χ1) is 9.76. The van der Waals surface area contributed by atoms with E-state index in [0.717, 1.165) is 36.8 Å². The summed E-state index contributed by atoms with van der Waals surface area (Å²) in [6.45, 7) is 7.80. The van der Waals surface area contributed by atoms with E-state index in [9.17, 15) is 0 Å². The van der Waals surface area contributed by atoms with Crippen LogP contribution in [0.5, 0.6) is 5.75 Å². The van der Waals surface area contributed by atoms with Gasteiger partial charge in [-0.2, -0.15) is 4.68 Å². The Labute approximate surface area is 119 Å². The minimum atomic E-state index is 0.103. The molecule has 0 spiro atoms. The summed E-state index contributed by atoms with van der Waals surface area (Å²) >= 11 is 0. The molecule has 1 unspecified atom stereocenters. The van der Waals surface area contributed by atoms with Crippen molar-refractivity contribution in [3.8, 4) is 11.4 Å². The van der Waals surface area contributed by atoms with E-state index in [0.29, 0.717) is 0 Å². The van der Waals surface area contributed by atoms with Crippen LogP contribution < -0.4 is 10.1 Å². The van der Waals surface area contributed by atoms with Crippen LogP contribution in [0.2, 0.25) is 0 Å². The van der Waals surface area contributed by atoms with Crippen molar-refractivity contribution < 1.29 is 4.74 Å². The summed E-state index contributed by atoms with van der Waals surface area (Å²) in [7, 11) is 0. The molecule has 2 rings (SSSR count). The second-order valence-corrected chi connectivity index (χ2v) is 4.57. The van der Waals surface area contributed by atoms with Gasteiger partial charge in [-0.25, -0.2) is 0 Å². The number of nitrogens with zero attached hydrogens (tertiary/aromatic N) is 4. The predicted octanol–water partition coefficient (Wildman–Crippen LogP) is 2.12. The topological polar surface area (TPSA) is 64.9 Å². The molecule has 0 aliphatic carbocycles. The third-order valence-corrected chi connectivity index (χ3v) is 2.95. The molecule has 20 heavy (non-hydrogen) atoms. The van der Waals surface area contributed by atoms with Crippen LogP contribution in [-0.4, -0.2) is 33.4 Å². The van der Waals surface area contributed by atoms with Gasteiger partial charge >= 0.3 is 0 Å². The molecule has 1 heterocycles. The van der Waals surface area contributed by atoms with E-state index in [1.165, 1.54) is 0 Å². The molecule has 0 aliphatic heterocycles. The SMILES string of the molecule is CCCOc1ccc(-n2nnnc2C(C)NCC)cc1. The Balaban J connectivity index is 2.17. The van der Waals surface area contributed by atoms with E-state index >= 15 is 0 Å². The summed E-state index contributed by atoms with van der Waals surface area (Å²) in [5, 5.41) is 15.2. The van der Waals surface area contributed by atoms with Crippen LogP contribution in [0.4, 0.5) is 0 Å². The second kappa shape index (κ2) is 7.00. The number of nitrogens with one attached hydrogen (secondary N) is 1. The zero-order chi connectivity index (χ0) is 14.4. The van der Waals surface area contributed by atoms with Gasteiger partial charge in [0.25, 0.3) is 0 Å². The molecule has 108 valence electrons. The van der Waals surface area contributed by atoms with Crippen molar-refractivity contribution >= 4 is 0 Å². The molecule has 1 atom stereocenters. The van der Waals surface area contributed by atoms with E-state index in [-0.39, 0.29) is 6.04 Å². The van der Waals surface area contributed by atoms with Crippen LogP contribution in [-0.2, 0) is 0 Å². The smallest absolute Gasteiger partial charge is 0.173 e. The lowest BCUT2D eigenvalue weighted by atomic mass is 10.2. The number of rotatable bonds is 7. The first kappa shape index (κ1) is 14.5. The first-order valence-electron chi connectivity index (χ1n) is 7.01. The molecule has 0 bridgehead atoms. The summed E-state index contributed by atoms with van der Waals surface area (Å²) in [5.41, 5.74) is 0.929. The monoisotopic (exact) mass is 275 g/mol. The van der Waals surface area contributed by atoms with E-state index in [4.69, 9.17) is 4.74 Å². The highest BCUT2D eigenvalue weighted by Crippen LogP contribution is 2.17. The highest BCUT2D eigenvalue weighted by Gasteiger charge is 2.14. The Morgan fingerprint density at radius 2 is 2.00 bits per heavy atom. The number of aromatic nitrogens is 4. The maximum atomic E-state index is 5.57. The molecule has 0 radical (unpaired) electrons. The molecule has 1 aromatic heterocycles. The van der Waals surface area contributed by atoms with Gasteiger partial charge in [0.2, 0.25) is 0 Å². The Hall–Kier alpha value is -1.95. The van der Waals surface area contributed by atoms with Gasteiger partial charge in [0, 0.05) is 0 Å². The van der Waals surface area contributed by atoms with Crippen molar-refractivity contribution in [2.75, 3.05) is 13.2 Å². The molecule has 0 saturated heterocycles. The largest absolute Gasteiger partial charge is 0.494 e. The molecule has 0 amide bonds. The normalized spacial score (nSPS) is 12.3. The zero-order valence-electron chi connectivity index (χ0n) is 12.2. The molecule has 6 nitrogen and oxygen atoms in total. The van der Waals surface area contributed by atoms with Gasteiger partial charge in [-0.15, -0.1) is 5.10 Å².